The Morgan fingerprint density at radius 1 is 1.10 bits per heavy atom. The summed E-state index contributed by atoms with van der Waals surface area (Å²) in [6.07, 6.45) is 2.90. The van der Waals surface area contributed by atoms with E-state index in [0.717, 1.165) is 56.6 Å². The van der Waals surface area contributed by atoms with Crippen molar-refractivity contribution in [3.05, 3.63) is 34.2 Å². The third-order valence-corrected chi connectivity index (χ3v) is 7.06. The second-order valence-corrected chi connectivity index (χ2v) is 8.98. The second-order valence-electron chi connectivity index (χ2n) is 8.98. The molecule has 1 aromatic carbocycles. The average molecular weight is 412 g/mol. The van der Waals surface area contributed by atoms with E-state index in [1.54, 1.807) is 16.2 Å². The highest BCUT2D eigenvalue weighted by Crippen LogP contribution is 2.44. The molecule has 8 nitrogen and oxygen atoms in total. The van der Waals surface area contributed by atoms with E-state index in [2.05, 4.69) is 21.6 Å². The van der Waals surface area contributed by atoms with Crippen LogP contribution in [-0.2, 0) is 16.6 Å². The molecule has 2 aromatic rings. The quantitative estimate of drug-likeness (QED) is 0.724. The SMILES string of the molecule is Cn1c(=O)n(C2CCC(=O)NC2=O)c2cccc([C@H]3C[C@H](CN4CCNCC4)C3)c21. The number of hydrogen-bond donors (Lipinski definition) is 2. The molecule has 2 saturated heterocycles. The van der Waals surface area contributed by atoms with E-state index >= 15 is 0 Å². The van der Waals surface area contributed by atoms with Crippen molar-refractivity contribution in [3.63, 3.8) is 0 Å². The number of hydrogen-bond acceptors (Lipinski definition) is 5. The van der Waals surface area contributed by atoms with E-state index in [4.69, 9.17) is 0 Å². The first-order chi connectivity index (χ1) is 14.5. The fourth-order valence-electron chi connectivity index (χ4n) is 5.43. The molecule has 2 N–H and O–H groups in total. The molecule has 3 aliphatic rings. The van der Waals surface area contributed by atoms with Crippen molar-refractivity contribution in [2.24, 2.45) is 13.0 Å². The van der Waals surface area contributed by atoms with Gasteiger partial charge < -0.3 is 10.2 Å². The summed E-state index contributed by atoms with van der Waals surface area (Å²) in [5.41, 5.74) is 2.73. The van der Waals surface area contributed by atoms with E-state index in [0.29, 0.717) is 18.3 Å². The number of piperazine rings is 1. The summed E-state index contributed by atoms with van der Waals surface area (Å²) in [5.74, 6) is 0.503. The number of nitrogens with one attached hydrogen (secondary N) is 2. The molecule has 5 rings (SSSR count). The van der Waals surface area contributed by atoms with Gasteiger partial charge in [-0.1, -0.05) is 12.1 Å². The number of carbonyl (C=O) groups excluding carboxylic acids is 2. The average Bonchev–Trinajstić information content (AvgIpc) is 2.96. The van der Waals surface area contributed by atoms with Gasteiger partial charge in [-0.15, -0.1) is 0 Å². The number of imide groups is 1. The van der Waals surface area contributed by atoms with Crippen LogP contribution in [0.15, 0.2) is 23.0 Å². The zero-order valence-electron chi connectivity index (χ0n) is 17.4. The molecule has 1 saturated carbocycles. The molecular formula is C22H29N5O3. The normalized spacial score (nSPS) is 27.8. The minimum Gasteiger partial charge on any atom is -0.314 e. The van der Waals surface area contributed by atoms with E-state index in [9.17, 15) is 14.4 Å². The summed E-state index contributed by atoms with van der Waals surface area (Å²) in [5, 5.41) is 5.78. The number of amides is 2. The van der Waals surface area contributed by atoms with Gasteiger partial charge in [-0.2, -0.15) is 0 Å². The number of aryl methyl sites for hydroxylation is 1. The van der Waals surface area contributed by atoms with E-state index in [-0.39, 0.29) is 23.9 Å². The molecule has 160 valence electrons. The lowest BCUT2D eigenvalue weighted by Crippen LogP contribution is -2.46. The highest BCUT2D eigenvalue weighted by Gasteiger charge is 2.35. The Morgan fingerprint density at radius 3 is 2.60 bits per heavy atom. The van der Waals surface area contributed by atoms with Gasteiger partial charge in [-0.25, -0.2) is 4.79 Å². The van der Waals surface area contributed by atoms with Crippen LogP contribution in [-0.4, -0.2) is 58.6 Å². The van der Waals surface area contributed by atoms with Crippen molar-refractivity contribution < 1.29 is 9.59 Å². The molecule has 1 unspecified atom stereocenters. The first-order valence-electron chi connectivity index (χ1n) is 11.0. The topological polar surface area (TPSA) is 88.4 Å². The van der Waals surface area contributed by atoms with Gasteiger partial charge in [0.25, 0.3) is 0 Å². The van der Waals surface area contributed by atoms with Crippen molar-refractivity contribution in [2.45, 2.75) is 37.6 Å². The predicted octanol–water partition coefficient (Wildman–Crippen LogP) is 0.717. The number of benzene rings is 1. The molecule has 3 fully saturated rings. The molecule has 1 aliphatic carbocycles. The highest BCUT2D eigenvalue weighted by atomic mass is 16.2. The number of aromatic nitrogens is 2. The van der Waals surface area contributed by atoms with Gasteiger partial charge in [0.05, 0.1) is 11.0 Å². The Labute approximate surface area is 175 Å². The molecule has 1 atom stereocenters. The number of fused-ring (bicyclic) bond motifs is 1. The molecule has 0 radical (unpaired) electrons. The predicted molar refractivity (Wildman–Crippen MR) is 113 cm³/mol. The molecule has 1 aromatic heterocycles. The lowest BCUT2D eigenvalue weighted by atomic mass is 9.71. The van der Waals surface area contributed by atoms with E-state index < -0.39 is 6.04 Å². The number of imidazole rings is 1. The summed E-state index contributed by atoms with van der Waals surface area (Å²) in [7, 11) is 1.79. The lowest BCUT2D eigenvalue weighted by Gasteiger charge is -2.40. The van der Waals surface area contributed by atoms with Crippen molar-refractivity contribution in [3.8, 4) is 0 Å². The monoisotopic (exact) mass is 411 g/mol. The van der Waals surface area contributed by atoms with Gasteiger partial charge in [0.2, 0.25) is 11.8 Å². The van der Waals surface area contributed by atoms with Crippen LogP contribution in [0.1, 0.15) is 43.2 Å². The van der Waals surface area contributed by atoms with Crippen LogP contribution in [0.5, 0.6) is 0 Å². The largest absolute Gasteiger partial charge is 0.329 e. The molecular weight excluding hydrogens is 382 g/mol. The van der Waals surface area contributed by atoms with Crippen LogP contribution in [0.2, 0.25) is 0 Å². The number of piperidine rings is 1. The fourth-order valence-corrected chi connectivity index (χ4v) is 5.43. The van der Waals surface area contributed by atoms with E-state index in [1.165, 1.54) is 5.56 Å². The Morgan fingerprint density at radius 2 is 1.87 bits per heavy atom. The Balaban J connectivity index is 1.40. The maximum Gasteiger partial charge on any atom is 0.329 e. The zero-order chi connectivity index (χ0) is 20.8. The van der Waals surface area contributed by atoms with E-state index in [1.807, 2.05) is 12.1 Å². The Bertz CT molecular complexity index is 1040. The number of nitrogens with zero attached hydrogens (tertiary/aromatic N) is 3. The van der Waals surface area contributed by atoms with Crippen LogP contribution in [0, 0.1) is 5.92 Å². The summed E-state index contributed by atoms with van der Waals surface area (Å²) < 4.78 is 3.26. The number of carbonyl (C=O) groups is 2. The summed E-state index contributed by atoms with van der Waals surface area (Å²) in [4.78, 5) is 39.6. The van der Waals surface area contributed by atoms with Gasteiger partial charge in [0.15, 0.2) is 0 Å². The summed E-state index contributed by atoms with van der Waals surface area (Å²) in [6, 6.07) is 5.41. The second kappa shape index (κ2) is 7.67. The first kappa shape index (κ1) is 19.5. The zero-order valence-corrected chi connectivity index (χ0v) is 17.4. The first-order valence-corrected chi connectivity index (χ1v) is 11.0. The van der Waals surface area contributed by atoms with Crippen LogP contribution >= 0.6 is 0 Å². The lowest BCUT2D eigenvalue weighted by molar-refractivity contribution is -0.135. The molecule has 2 aliphatic heterocycles. The minimum atomic E-state index is -0.629. The van der Waals surface area contributed by atoms with Crippen molar-refractivity contribution >= 4 is 22.8 Å². The third-order valence-electron chi connectivity index (χ3n) is 7.06. The van der Waals surface area contributed by atoms with Gasteiger partial charge in [0.1, 0.15) is 6.04 Å². The van der Waals surface area contributed by atoms with Crippen LogP contribution < -0.4 is 16.3 Å². The van der Waals surface area contributed by atoms with Gasteiger partial charge in [-0.05, 0) is 42.7 Å². The number of para-hydroxylation sites is 1. The van der Waals surface area contributed by atoms with Gasteiger partial charge in [0, 0.05) is 46.2 Å². The van der Waals surface area contributed by atoms with Gasteiger partial charge >= 0.3 is 5.69 Å². The van der Waals surface area contributed by atoms with Crippen LogP contribution in [0.4, 0.5) is 0 Å². The maximum atomic E-state index is 13.1. The van der Waals surface area contributed by atoms with Crippen molar-refractivity contribution in [2.75, 3.05) is 32.7 Å². The molecule has 8 heteroatoms. The van der Waals surface area contributed by atoms with Gasteiger partial charge in [-0.3, -0.25) is 24.0 Å². The molecule has 3 heterocycles. The summed E-state index contributed by atoms with van der Waals surface area (Å²) in [6.45, 7) is 5.56. The highest BCUT2D eigenvalue weighted by molar-refractivity contribution is 6.00. The fraction of sp³-hybridized carbons (Fsp3) is 0.591. The molecule has 30 heavy (non-hydrogen) atoms. The maximum absolute atomic E-state index is 13.1. The third kappa shape index (κ3) is 3.28. The Hall–Kier alpha value is -2.45. The number of rotatable bonds is 4. The van der Waals surface area contributed by atoms with Crippen LogP contribution in [0.3, 0.4) is 0 Å². The molecule has 0 spiro atoms. The Kier molecular flexibility index (Phi) is 4.99. The van der Waals surface area contributed by atoms with Crippen molar-refractivity contribution in [1.82, 2.24) is 24.7 Å². The molecule has 2 amide bonds. The smallest absolute Gasteiger partial charge is 0.314 e. The minimum absolute atomic E-state index is 0.191. The standard InChI is InChI=1S/C22H29N5O3/c1-25-20-16(15-11-14(12-15)13-26-9-7-23-8-10-26)3-2-4-17(20)27(22(25)30)18-5-6-19(28)24-21(18)29/h2-4,14-15,18,23H,5-13H2,1H3,(H,24,28,29)/t14-,15-,18?. The molecule has 0 bridgehead atoms. The van der Waals surface area contributed by atoms with Crippen molar-refractivity contribution in [1.29, 1.82) is 0 Å². The van der Waals surface area contributed by atoms with Crippen LogP contribution in [0.25, 0.3) is 11.0 Å². The summed E-state index contributed by atoms with van der Waals surface area (Å²) >= 11 is 0.